The van der Waals surface area contributed by atoms with Crippen LogP contribution in [0, 0.1) is 34.9 Å². The first-order valence-electron chi connectivity index (χ1n) is 16.9. The molecular formula is C37H24Cl2F6N6O8S4. The van der Waals surface area contributed by atoms with Crippen molar-refractivity contribution in [2.75, 3.05) is 23.2 Å². The Labute approximate surface area is 371 Å². The fraction of sp³-hybridized carbons (Fsp3) is 0.0811. The molecule has 2 heterocycles. The molecule has 0 aliphatic rings. The lowest BCUT2D eigenvalue weighted by Crippen LogP contribution is -2.31. The molecule has 14 nitrogen and oxygen atoms in total. The summed E-state index contributed by atoms with van der Waals surface area (Å²) in [6.07, 6.45) is 2.23. The van der Waals surface area contributed by atoms with Gasteiger partial charge in [-0.05, 0) is 36.4 Å². The normalized spacial score (nSPS) is 11.3. The molecule has 0 aliphatic heterocycles. The van der Waals surface area contributed by atoms with Crippen LogP contribution in [0.3, 0.4) is 0 Å². The summed E-state index contributed by atoms with van der Waals surface area (Å²) >= 11 is 12.9. The average Bonchev–Trinajstić information content (AvgIpc) is 3.94. The minimum absolute atomic E-state index is 0.0127. The van der Waals surface area contributed by atoms with Gasteiger partial charge in [-0.25, -0.2) is 57.5 Å². The molecule has 0 amide bonds. The van der Waals surface area contributed by atoms with E-state index in [2.05, 4.69) is 18.7 Å². The number of anilines is 2. The zero-order chi connectivity index (χ0) is 45.6. The van der Waals surface area contributed by atoms with E-state index in [4.69, 9.17) is 42.1 Å². The molecular weight excluding hydrogens is 970 g/mol. The first-order valence-corrected chi connectivity index (χ1v) is 22.1. The number of hydrogen-bond donors (Lipinski definition) is 1. The molecule has 63 heavy (non-hydrogen) atoms. The van der Waals surface area contributed by atoms with Gasteiger partial charge in [0.25, 0.3) is 20.0 Å². The highest BCUT2D eigenvalue weighted by molar-refractivity contribution is 7.93. The minimum Gasteiger partial charge on any atom is -0.497 e. The van der Waals surface area contributed by atoms with E-state index in [0.29, 0.717) is 41.3 Å². The third kappa shape index (κ3) is 11.4. The van der Waals surface area contributed by atoms with Gasteiger partial charge in [0.1, 0.15) is 68.7 Å². The number of aromatic nitrogens is 4. The molecule has 7 rings (SSSR count). The first-order chi connectivity index (χ1) is 29.9. The Morgan fingerprint density at radius 1 is 0.619 bits per heavy atom. The van der Waals surface area contributed by atoms with Crippen LogP contribution < -0.4 is 28.0 Å². The number of sulfonamides is 2. The molecule has 2 aromatic heterocycles. The van der Waals surface area contributed by atoms with E-state index in [0.717, 1.165) is 64.3 Å². The van der Waals surface area contributed by atoms with Crippen LogP contribution in [-0.4, -0.2) is 49.8 Å². The van der Waals surface area contributed by atoms with E-state index >= 15 is 4.39 Å². The third-order valence-electron chi connectivity index (χ3n) is 7.91. The van der Waals surface area contributed by atoms with Gasteiger partial charge in [0.05, 0.1) is 20.8 Å². The Morgan fingerprint density at radius 3 is 1.68 bits per heavy atom. The van der Waals surface area contributed by atoms with Gasteiger partial charge in [-0.1, -0.05) is 23.2 Å². The lowest BCUT2D eigenvalue weighted by atomic mass is 10.2. The Morgan fingerprint density at radius 2 is 1.17 bits per heavy atom. The minimum atomic E-state index is -4.72. The largest absolute Gasteiger partial charge is 0.497 e. The number of methoxy groups -OCH3 is 2. The van der Waals surface area contributed by atoms with Gasteiger partial charge in [-0.3, -0.25) is 4.72 Å². The maximum Gasteiger partial charge on any atom is 0.269 e. The number of halogens is 8. The van der Waals surface area contributed by atoms with Gasteiger partial charge >= 0.3 is 0 Å². The number of nitrogens with one attached hydrogen (secondary N) is 1. The quantitative estimate of drug-likeness (QED) is 0.102. The van der Waals surface area contributed by atoms with Crippen LogP contribution in [0.5, 0.6) is 34.5 Å². The summed E-state index contributed by atoms with van der Waals surface area (Å²) < 4.78 is 168. The lowest BCUT2D eigenvalue weighted by molar-refractivity contribution is 0.391. The average molecular weight is 994 g/mol. The summed E-state index contributed by atoms with van der Waals surface area (Å²) in [6.45, 7) is -0.341. The summed E-state index contributed by atoms with van der Waals surface area (Å²) in [7, 11) is -6.30. The van der Waals surface area contributed by atoms with Crippen LogP contribution >= 0.6 is 46.3 Å². The van der Waals surface area contributed by atoms with Crippen LogP contribution in [0.2, 0.25) is 10.0 Å². The van der Waals surface area contributed by atoms with E-state index in [1.807, 2.05) is 4.72 Å². The molecule has 0 bridgehead atoms. The second kappa shape index (κ2) is 19.6. The predicted octanol–water partition coefficient (Wildman–Crippen LogP) is 10.0. The van der Waals surface area contributed by atoms with Crippen LogP contribution in [-0.2, 0) is 26.6 Å². The van der Waals surface area contributed by atoms with Crippen molar-refractivity contribution in [3.8, 4) is 34.5 Å². The molecule has 0 saturated heterocycles. The summed E-state index contributed by atoms with van der Waals surface area (Å²) in [5.41, 5.74) is 0.394. The van der Waals surface area contributed by atoms with E-state index in [1.54, 1.807) is 18.2 Å². The summed E-state index contributed by atoms with van der Waals surface area (Å²) in [5.74, 6) is -7.41. The molecule has 0 radical (unpaired) electrons. The van der Waals surface area contributed by atoms with Crippen LogP contribution in [0.25, 0.3) is 0 Å². The van der Waals surface area contributed by atoms with Crippen molar-refractivity contribution in [2.24, 2.45) is 0 Å². The zero-order valence-electron chi connectivity index (χ0n) is 31.5. The SMILES string of the molecule is COc1ccc(CN(c2ncns2)S(=O)(=O)c2cc(F)c(Oc3cc(F)cc(Cl)c3)cc2F)c(OC)c1.O=S(=O)(Nc1ncns1)c1cc(F)c(Oc2cc(F)cc(Cl)c2)cc1F. The van der Waals surface area contributed by atoms with Crippen LogP contribution in [0.4, 0.5) is 36.6 Å². The molecule has 26 heteroatoms. The molecule has 0 unspecified atom stereocenters. The van der Waals surface area contributed by atoms with E-state index < -0.39 is 76.2 Å². The molecule has 0 spiro atoms. The standard InChI is InChI=1S/C23H17ClF3N3O5S2.C14H7ClF3N3O3S2/c1-33-16-4-3-13(20(8-16)34-2)11-30(23-28-12-29-36-23)37(31,32)22-10-18(26)21(9-19(22)27)35-17-6-14(24)5-15(25)7-17;15-7-1-8(16)3-9(2-7)24-12-4-11(18)13(5-10(12)17)26(22,23)21-14-19-6-20-25-14/h3-10,12H,11H2,1-2H3;1-6H,(H,19,20,21). The second-order valence-corrected chi connectivity index (χ2v) is 18.0. The lowest BCUT2D eigenvalue weighted by Gasteiger charge is -2.23. The maximum absolute atomic E-state index is 15.1. The van der Waals surface area contributed by atoms with Crippen molar-refractivity contribution in [3.63, 3.8) is 0 Å². The van der Waals surface area contributed by atoms with Gasteiger partial charge in [-0.15, -0.1) is 0 Å². The summed E-state index contributed by atoms with van der Waals surface area (Å²) in [6, 6.07) is 12.9. The molecule has 7 aromatic rings. The van der Waals surface area contributed by atoms with Crippen molar-refractivity contribution in [1.29, 1.82) is 0 Å². The fourth-order valence-corrected chi connectivity index (χ4v) is 9.53. The topological polar surface area (TPSA) is 172 Å². The number of benzene rings is 5. The van der Waals surface area contributed by atoms with Crippen LogP contribution in [0.15, 0.2) is 101 Å². The Kier molecular flexibility index (Phi) is 14.5. The summed E-state index contributed by atoms with van der Waals surface area (Å²) in [4.78, 5) is 5.61. The van der Waals surface area contributed by atoms with Gasteiger partial charge < -0.3 is 18.9 Å². The van der Waals surface area contributed by atoms with Gasteiger partial charge in [0.2, 0.25) is 10.3 Å². The second-order valence-electron chi connectivity index (χ2n) is 12.1. The Balaban J connectivity index is 0.000000223. The predicted molar refractivity (Wildman–Crippen MR) is 219 cm³/mol. The number of rotatable bonds is 14. The molecule has 1 N–H and O–H groups in total. The molecule has 0 saturated carbocycles. The van der Waals surface area contributed by atoms with Crippen molar-refractivity contribution in [3.05, 3.63) is 142 Å². The van der Waals surface area contributed by atoms with Crippen LogP contribution in [0.1, 0.15) is 5.56 Å². The van der Waals surface area contributed by atoms with E-state index in [-0.39, 0.29) is 38.4 Å². The highest BCUT2D eigenvalue weighted by Crippen LogP contribution is 2.36. The Bertz CT molecular complexity index is 2960. The van der Waals surface area contributed by atoms with E-state index in [9.17, 15) is 38.8 Å². The van der Waals surface area contributed by atoms with Gasteiger partial charge in [0.15, 0.2) is 23.1 Å². The number of hydrogen-bond acceptors (Lipinski definition) is 14. The van der Waals surface area contributed by atoms with Gasteiger partial charge in [-0.2, -0.15) is 8.75 Å². The van der Waals surface area contributed by atoms with E-state index in [1.165, 1.54) is 26.4 Å². The fourth-order valence-electron chi connectivity index (χ4n) is 5.19. The van der Waals surface area contributed by atoms with Crippen molar-refractivity contribution >= 4 is 76.6 Å². The zero-order valence-corrected chi connectivity index (χ0v) is 36.3. The summed E-state index contributed by atoms with van der Waals surface area (Å²) in [5, 5.41) is -0.245. The molecule has 0 aliphatic carbocycles. The number of nitrogens with zero attached hydrogens (tertiary/aromatic N) is 5. The third-order valence-corrected chi connectivity index (χ3v) is 13.0. The first kappa shape index (κ1) is 46.6. The molecule has 330 valence electrons. The van der Waals surface area contributed by atoms with Crippen molar-refractivity contribution in [1.82, 2.24) is 18.7 Å². The molecule has 0 atom stereocenters. The van der Waals surface area contributed by atoms with Crippen molar-refractivity contribution in [2.45, 2.75) is 16.3 Å². The monoisotopic (exact) mass is 992 g/mol. The van der Waals surface area contributed by atoms with Gasteiger partial charge in [0, 0.05) is 81.1 Å². The Hall–Kier alpha value is -5.92. The van der Waals surface area contributed by atoms with Crippen molar-refractivity contribution < 1.29 is 62.1 Å². The molecule has 0 fully saturated rings. The number of ether oxygens (including phenoxy) is 4. The molecule has 5 aromatic carbocycles. The highest BCUT2D eigenvalue weighted by Gasteiger charge is 2.33. The highest BCUT2D eigenvalue weighted by atomic mass is 35.5. The maximum atomic E-state index is 15.1. The smallest absolute Gasteiger partial charge is 0.269 e.